The SMILES string of the molecule is Cc1nc(C2CC2)nc2sc(C(=O)N(C)CCCc3ccccc3)c(C)c12. The van der Waals surface area contributed by atoms with E-state index in [0.717, 1.165) is 51.6 Å². The highest BCUT2D eigenvalue weighted by Gasteiger charge is 2.29. The van der Waals surface area contributed by atoms with Crippen LogP contribution in [-0.4, -0.2) is 34.4 Å². The Bertz CT molecular complexity index is 976. The lowest BCUT2D eigenvalue weighted by Crippen LogP contribution is -2.27. The molecule has 0 bridgehead atoms. The molecule has 0 N–H and O–H groups in total. The van der Waals surface area contributed by atoms with Crippen LogP contribution in [-0.2, 0) is 6.42 Å². The van der Waals surface area contributed by atoms with Gasteiger partial charge in [-0.05, 0) is 50.7 Å². The summed E-state index contributed by atoms with van der Waals surface area (Å²) in [7, 11) is 1.89. The van der Waals surface area contributed by atoms with Crippen LogP contribution in [0.5, 0.6) is 0 Å². The smallest absolute Gasteiger partial charge is 0.264 e. The Labute approximate surface area is 164 Å². The molecule has 1 saturated carbocycles. The van der Waals surface area contributed by atoms with Crippen molar-refractivity contribution < 1.29 is 4.79 Å². The first kappa shape index (κ1) is 18.1. The van der Waals surface area contributed by atoms with Crippen molar-refractivity contribution in [2.24, 2.45) is 0 Å². The van der Waals surface area contributed by atoms with Crippen LogP contribution in [0, 0.1) is 13.8 Å². The summed E-state index contributed by atoms with van der Waals surface area (Å²) in [6, 6.07) is 10.4. The van der Waals surface area contributed by atoms with Crippen LogP contribution in [0.15, 0.2) is 30.3 Å². The molecule has 27 heavy (non-hydrogen) atoms. The molecule has 5 heteroatoms. The van der Waals surface area contributed by atoms with Gasteiger partial charge in [-0.2, -0.15) is 0 Å². The molecule has 1 fully saturated rings. The van der Waals surface area contributed by atoms with Gasteiger partial charge in [0.25, 0.3) is 5.91 Å². The number of amides is 1. The quantitative estimate of drug-likeness (QED) is 0.612. The molecular formula is C22H25N3OS. The van der Waals surface area contributed by atoms with Crippen LogP contribution in [0.2, 0.25) is 0 Å². The van der Waals surface area contributed by atoms with Gasteiger partial charge in [-0.3, -0.25) is 4.79 Å². The van der Waals surface area contributed by atoms with E-state index in [1.54, 1.807) is 0 Å². The second-order valence-corrected chi connectivity index (χ2v) is 8.49. The number of fused-ring (bicyclic) bond motifs is 1. The van der Waals surface area contributed by atoms with Gasteiger partial charge in [0.05, 0.1) is 10.6 Å². The molecule has 1 aromatic carbocycles. The van der Waals surface area contributed by atoms with E-state index >= 15 is 0 Å². The lowest BCUT2D eigenvalue weighted by molar-refractivity contribution is 0.0798. The number of rotatable bonds is 6. The highest BCUT2D eigenvalue weighted by Crippen LogP contribution is 2.40. The summed E-state index contributed by atoms with van der Waals surface area (Å²) in [5, 5.41) is 1.06. The molecule has 3 aromatic rings. The zero-order valence-electron chi connectivity index (χ0n) is 16.2. The Balaban J connectivity index is 1.49. The molecule has 0 aliphatic heterocycles. The molecule has 1 aliphatic carbocycles. The van der Waals surface area contributed by atoms with Crippen molar-refractivity contribution in [3.05, 3.63) is 57.9 Å². The first-order valence-electron chi connectivity index (χ1n) is 9.61. The van der Waals surface area contributed by atoms with Crippen molar-refractivity contribution in [2.75, 3.05) is 13.6 Å². The molecule has 0 saturated heterocycles. The van der Waals surface area contributed by atoms with Crippen LogP contribution in [0.4, 0.5) is 0 Å². The number of carbonyl (C=O) groups excluding carboxylic acids is 1. The summed E-state index contributed by atoms with van der Waals surface area (Å²) in [5.41, 5.74) is 3.34. The number of carbonyl (C=O) groups is 1. The molecule has 0 radical (unpaired) electrons. The predicted octanol–water partition coefficient (Wildman–Crippen LogP) is 4.89. The van der Waals surface area contributed by atoms with Gasteiger partial charge in [0.2, 0.25) is 0 Å². The summed E-state index contributed by atoms with van der Waals surface area (Å²) in [6.07, 6.45) is 4.32. The standard InChI is InChI=1S/C22H25N3OS/c1-14-18-15(2)23-20(17-11-12-17)24-21(18)27-19(14)22(26)25(3)13-7-10-16-8-5-4-6-9-16/h4-6,8-9,17H,7,10-13H2,1-3H3. The van der Waals surface area contributed by atoms with Crippen molar-refractivity contribution in [3.63, 3.8) is 0 Å². The van der Waals surface area contributed by atoms with Crippen molar-refractivity contribution in [1.82, 2.24) is 14.9 Å². The fourth-order valence-corrected chi connectivity index (χ4v) is 4.76. The first-order chi connectivity index (χ1) is 13.0. The number of aromatic nitrogens is 2. The molecule has 4 nitrogen and oxygen atoms in total. The number of thiophene rings is 1. The summed E-state index contributed by atoms with van der Waals surface area (Å²) >= 11 is 1.52. The van der Waals surface area contributed by atoms with Crippen molar-refractivity contribution >= 4 is 27.5 Å². The van der Waals surface area contributed by atoms with E-state index in [2.05, 4.69) is 24.3 Å². The third kappa shape index (κ3) is 3.74. The molecule has 0 spiro atoms. The van der Waals surface area contributed by atoms with Gasteiger partial charge in [-0.1, -0.05) is 30.3 Å². The maximum atomic E-state index is 13.0. The monoisotopic (exact) mass is 379 g/mol. The molecule has 0 unspecified atom stereocenters. The minimum Gasteiger partial charge on any atom is -0.341 e. The molecule has 1 aliphatic rings. The Kier molecular flexibility index (Phi) is 4.96. The van der Waals surface area contributed by atoms with Crippen LogP contribution in [0.3, 0.4) is 0 Å². The van der Waals surface area contributed by atoms with Gasteiger partial charge in [-0.25, -0.2) is 9.97 Å². The maximum Gasteiger partial charge on any atom is 0.264 e. The predicted molar refractivity (Wildman–Crippen MR) is 111 cm³/mol. The van der Waals surface area contributed by atoms with Crippen molar-refractivity contribution in [2.45, 2.75) is 45.4 Å². The lowest BCUT2D eigenvalue weighted by Gasteiger charge is -2.16. The van der Waals surface area contributed by atoms with Gasteiger partial charge < -0.3 is 4.90 Å². The van der Waals surface area contributed by atoms with Crippen LogP contribution in [0.1, 0.15) is 57.5 Å². The molecule has 2 aromatic heterocycles. The van der Waals surface area contributed by atoms with Gasteiger partial charge in [0.15, 0.2) is 0 Å². The molecule has 140 valence electrons. The Morgan fingerprint density at radius 1 is 1.19 bits per heavy atom. The summed E-state index contributed by atoms with van der Waals surface area (Å²) < 4.78 is 0. The second kappa shape index (κ2) is 7.39. The Morgan fingerprint density at radius 2 is 1.93 bits per heavy atom. The minimum atomic E-state index is 0.0935. The van der Waals surface area contributed by atoms with Crippen LogP contribution in [0.25, 0.3) is 10.2 Å². The highest BCUT2D eigenvalue weighted by molar-refractivity contribution is 7.20. The molecular weight excluding hydrogens is 354 g/mol. The van der Waals surface area contributed by atoms with Crippen LogP contribution < -0.4 is 0 Å². The average molecular weight is 380 g/mol. The largest absolute Gasteiger partial charge is 0.341 e. The molecule has 4 rings (SSSR count). The van der Waals surface area contributed by atoms with Gasteiger partial charge in [-0.15, -0.1) is 11.3 Å². The lowest BCUT2D eigenvalue weighted by atomic mass is 10.1. The maximum absolute atomic E-state index is 13.0. The molecule has 2 heterocycles. The Morgan fingerprint density at radius 3 is 2.63 bits per heavy atom. The number of benzene rings is 1. The number of aryl methyl sites for hydroxylation is 3. The van der Waals surface area contributed by atoms with Crippen molar-refractivity contribution in [3.8, 4) is 0 Å². The highest BCUT2D eigenvalue weighted by atomic mass is 32.1. The zero-order chi connectivity index (χ0) is 19.0. The summed E-state index contributed by atoms with van der Waals surface area (Å²) in [5.74, 6) is 1.57. The van der Waals surface area contributed by atoms with Crippen molar-refractivity contribution in [1.29, 1.82) is 0 Å². The van der Waals surface area contributed by atoms with E-state index < -0.39 is 0 Å². The molecule has 0 atom stereocenters. The van der Waals surface area contributed by atoms with Crippen LogP contribution >= 0.6 is 11.3 Å². The Hall–Kier alpha value is -2.27. The topological polar surface area (TPSA) is 46.1 Å². The van der Waals surface area contributed by atoms with Gasteiger partial charge in [0.1, 0.15) is 10.7 Å². The van der Waals surface area contributed by atoms with E-state index in [9.17, 15) is 4.79 Å². The summed E-state index contributed by atoms with van der Waals surface area (Å²) in [4.78, 5) is 26.1. The first-order valence-corrected chi connectivity index (χ1v) is 10.4. The fraction of sp³-hybridized carbons (Fsp3) is 0.409. The van der Waals surface area contributed by atoms with Gasteiger partial charge in [0, 0.05) is 24.9 Å². The third-order valence-corrected chi connectivity index (χ3v) is 6.45. The summed E-state index contributed by atoms with van der Waals surface area (Å²) in [6.45, 7) is 4.81. The molecule has 1 amide bonds. The average Bonchev–Trinajstić information content (AvgIpc) is 3.46. The fourth-order valence-electron chi connectivity index (χ4n) is 3.53. The van der Waals surface area contributed by atoms with E-state index in [4.69, 9.17) is 9.97 Å². The minimum absolute atomic E-state index is 0.0935. The second-order valence-electron chi connectivity index (χ2n) is 7.49. The zero-order valence-corrected chi connectivity index (χ0v) is 17.0. The van der Waals surface area contributed by atoms with E-state index in [1.165, 1.54) is 29.7 Å². The van der Waals surface area contributed by atoms with Gasteiger partial charge >= 0.3 is 0 Å². The number of hydrogen-bond acceptors (Lipinski definition) is 4. The number of nitrogens with zero attached hydrogens (tertiary/aromatic N) is 3. The normalized spacial score (nSPS) is 13.9. The van der Waals surface area contributed by atoms with E-state index in [-0.39, 0.29) is 5.91 Å². The third-order valence-electron chi connectivity index (χ3n) is 5.27. The number of hydrogen-bond donors (Lipinski definition) is 0. The van der Waals surface area contributed by atoms with E-state index in [0.29, 0.717) is 5.92 Å². The van der Waals surface area contributed by atoms with E-state index in [1.807, 2.05) is 31.9 Å².